The van der Waals surface area contributed by atoms with Crippen LogP contribution in [-0.4, -0.2) is 23.0 Å². The van der Waals surface area contributed by atoms with Gasteiger partial charge in [-0.3, -0.25) is 9.59 Å². The van der Waals surface area contributed by atoms with E-state index in [9.17, 15) is 9.59 Å². The summed E-state index contributed by atoms with van der Waals surface area (Å²) in [6.45, 7) is 2.02. The van der Waals surface area contributed by atoms with Crippen molar-refractivity contribution in [2.75, 3.05) is 0 Å². The van der Waals surface area contributed by atoms with Crippen molar-refractivity contribution in [3.63, 3.8) is 0 Å². The molecule has 4 nitrogen and oxygen atoms in total. The van der Waals surface area contributed by atoms with E-state index >= 15 is 0 Å². The summed E-state index contributed by atoms with van der Waals surface area (Å²) >= 11 is 0. The molecule has 1 heterocycles. The molecule has 23 heavy (non-hydrogen) atoms. The molecule has 1 aromatic carbocycles. The van der Waals surface area contributed by atoms with Gasteiger partial charge in [-0.05, 0) is 42.6 Å². The number of hydrazone groups is 1. The summed E-state index contributed by atoms with van der Waals surface area (Å²) in [6, 6.07) is 7.87. The normalized spacial score (nSPS) is 40.0. The quantitative estimate of drug-likeness (QED) is 0.478. The van der Waals surface area contributed by atoms with Crippen LogP contribution in [0.25, 0.3) is 0 Å². The van der Waals surface area contributed by atoms with Gasteiger partial charge < -0.3 is 0 Å². The first-order chi connectivity index (χ1) is 11.1. The second-order valence-electron chi connectivity index (χ2n) is 7.30. The van der Waals surface area contributed by atoms with Gasteiger partial charge in [0.2, 0.25) is 0 Å². The predicted molar refractivity (Wildman–Crippen MR) is 85.3 cm³/mol. The van der Waals surface area contributed by atoms with Crippen LogP contribution in [0.1, 0.15) is 17.5 Å². The van der Waals surface area contributed by atoms with Gasteiger partial charge in [-0.1, -0.05) is 42.0 Å². The minimum atomic E-state index is -0.170. The molecule has 4 aliphatic carbocycles. The van der Waals surface area contributed by atoms with Crippen molar-refractivity contribution >= 4 is 18.0 Å². The first-order valence-corrected chi connectivity index (χ1v) is 8.32. The summed E-state index contributed by atoms with van der Waals surface area (Å²) in [5, 5.41) is 5.36. The molecule has 1 saturated heterocycles. The van der Waals surface area contributed by atoms with E-state index in [2.05, 4.69) is 17.3 Å². The Morgan fingerprint density at radius 1 is 1.00 bits per heavy atom. The molecule has 6 atom stereocenters. The number of carbonyl (C=O) groups excluding carboxylic acids is 2. The van der Waals surface area contributed by atoms with Gasteiger partial charge in [-0.2, -0.15) is 10.1 Å². The van der Waals surface area contributed by atoms with Crippen molar-refractivity contribution < 1.29 is 9.59 Å². The molecule has 2 bridgehead atoms. The highest BCUT2D eigenvalue weighted by Crippen LogP contribution is 2.65. The van der Waals surface area contributed by atoms with E-state index in [1.54, 1.807) is 6.21 Å². The van der Waals surface area contributed by atoms with E-state index < -0.39 is 0 Å². The zero-order valence-electron chi connectivity index (χ0n) is 12.9. The Hall–Kier alpha value is -2.23. The summed E-state index contributed by atoms with van der Waals surface area (Å²) in [5.41, 5.74) is 2.07. The third-order valence-electron chi connectivity index (χ3n) is 6.04. The lowest BCUT2D eigenvalue weighted by molar-refractivity contribution is -0.140. The van der Waals surface area contributed by atoms with Crippen LogP contribution in [0.5, 0.6) is 0 Å². The summed E-state index contributed by atoms with van der Waals surface area (Å²) in [5.74, 6) is 1.22. The molecule has 0 unspecified atom stereocenters. The molecule has 1 aliphatic heterocycles. The maximum Gasteiger partial charge on any atom is 0.254 e. The lowest BCUT2D eigenvalue weighted by Crippen LogP contribution is -2.40. The van der Waals surface area contributed by atoms with E-state index in [1.165, 1.54) is 12.0 Å². The van der Waals surface area contributed by atoms with Crippen molar-refractivity contribution in [3.05, 3.63) is 47.5 Å². The van der Waals surface area contributed by atoms with Crippen LogP contribution < -0.4 is 0 Å². The maximum absolute atomic E-state index is 12.7. The van der Waals surface area contributed by atoms with Gasteiger partial charge in [-0.15, -0.1) is 0 Å². The fraction of sp³-hybridized carbons (Fsp3) is 0.421. The molecule has 0 radical (unpaired) electrons. The third-order valence-corrected chi connectivity index (χ3v) is 6.04. The average molecular weight is 306 g/mol. The monoisotopic (exact) mass is 306 g/mol. The van der Waals surface area contributed by atoms with Crippen LogP contribution in [0.2, 0.25) is 0 Å². The number of imide groups is 1. The van der Waals surface area contributed by atoms with Gasteiger partial charge >= 0.3 is 0 Å². The Kier molecular flexibility index (Phi) is 2.53. The number of aryl methyl sites for hydroxylation is 1. The van der Waals surface area contributed by atoms with E-state index in [1.807, 2.05) is 31.2 Å². The fourth-order valence-electron chi connectivity index (χ4n) is 4.83. The predicted octanol–water partition coefficient (Wildman–Crippen LogP) is 2.38. The molecule has 116 valence electrons. The molecule has 3 fully saturated rings. The summed E-state index contributed by atoms with van der Waals surface area (Å²) in [4.78, 5) is 25.5. The van der Waals surface area contributed by atoms with Gasteiger partial charge in [0, 0.05) is 0 Å². The standard InChI is InChI=1S/C19H18N2O2/c1-10-2-4-11(5-3-10)9-20-21-18(22)16-12-6-7-13(15-8-14(12)15)17(16)19(21)23/h2-7,9,12-17H,8H2,1H3/b20-9-/t12-,13+,14-,15-,16+,17-/m1/s1. The molecule has 4 heteroatoms. The second kappa shape index (κ2) is 4.40. The number of hydrogen-bond acceptors (Lipinski definition) is 3. The van der Waals surface area contributed by atoms with Crippen molar-refractivity contribution in [3.8, 4) is 0 Å². The van der Waals surface area contributed by atoms with Gasteiger partial charge in [0.15, 0.2) is 0 Å². The molecular weight excluding hydrogens is 288 g/mol. The zero-order valence-corrected chi connectivity index (χ0v) is 12.9. The number of carbonyl (C=O) groups is 2. The summed E-state index contributed by atoms with van der Waals surface area (Å²) in [6.07, 6.45) is 7.15. The second-order valence-corrected chi connectivity index (χ2v) is 7.30. The van der Waals surface area contributed by atoms with Crippen LogP contribution >= 0.6 is 0 Å². The van der Waals surface area contributed by atoms with Crippen LogP contribution in [0.4, 0.5) is 0 Å². The van der Waals surface area contributed by atoms with Crippen molar-refractivity contribution in [1.29, 1.82) is 0 Å². The van der Waals surface area contributed by atoms with E-state index in [0.29, 0.717) is 11.8 Å². The molecule has 5 aliphatic rings. The highest BCUT2D eigenvalue weighted by molar-refractivity contribution is 6.06. The van der Waals surface area contributed by atoms with Crippen LogP contribution in [-0.2, 0) is 9.59 Å². The number of benzene rings is 1. The van der Waals surface area contributed by atoms with Gasteiger partial charge in [0.1, 0.15) is 0 Å². The molecule has 0 spiro atoms. The molecule has 2 amide bonds. The fourth-order valence-corrected chi connectivity index (χ4v) is 4.83. The van der Waals surface area contributed by atoms with Crippen molar-refractivity contribution in [2.45, 2.75) is 13.3 Å². The van der Waals surface area contributed by atoms with E-state index in [0.717, 1.165) is 10.6 Å². The number of allylic oxidation sites excluding steroid dienone is 2. The minimum absolute atomic E-state index is 0.104. The smallest absolute Gasteiger partial charge is 0.254 e. The number of nitrogens with zero attached hydrogens (tertiary/aromatic N) is 2. The maximum atomic E-state index is 12.7. The Morgan fingerprint density at radius 2 is 1.57 bits per heavy atom. The zero-order chi connectivity index (χ0) is 15.7. The average Bonchev–Trinajstić information content (AvgIpc) is 3.33. The summed E-state index contributed by atoms with van der Waals surface area (Å²) in [7, 11) is 0. The lowest BCUT2D eigenvalue weighted by atomic mass is 9.63. The van der Waals surface area contributed by atoms with Crippen LogP contribution in [0.15, 0.2) is 41.5 Å². The molecule has 0 N–H and O–H groups in total. The SMILES string of the molecule is Cc1ccc(/C=N\N2C(=O)[C@@H]3[C@H]4C=C[C@H]([C@H]5C[C@H]45)[C@@H]3C2=O)cc1. The molecule has 0 aromatic heterocycles. The largest absolute Gasteiger partial charge is 0.272 e. The van der Waals surface area contributed by atoms with E-state index in [-0.39, 0.29) is 35.5 Å². The summed E-state index contributed by atoms with van der Waals surface area (Å²) < 4.78 is 0. The van der Waals surface area contributed by atoms with E-state index in [4.69, 9.17) is 0 Å². The minimum Gasteiger partial charge on any atom is -0.272 e. The Balaban J connectivity index is 1.44. The van der Waals surface area contributed by atoms with Gasteiger partial charge in [0.05, 0.1) is 18.1 Å². The Bertz CT molecular complexity index is 728. The van der Waals surface area contributed by atoms with Crippen molar-refractivity contribution in [1.82, 2.24) is 5.01 Å². The van der Waals surface area contributed by atoms with Crippen LogP contribution in [0.3, 0.4) is 0 Å². The first kappa shape index (κ1) is 13.2. The highest BCUT2D eigenvalue weighted by atomic mass is 16.2. The van der Waals surface area contributed by atoms with Gasteiger partial charge in [0.25, 0.3) is 11.8 Å². The molecule has 1 aromatic rings. The topological polar surface area (TPSA) is 49.7 Å². The molecule has 6 rings (SSSR count). The Labute approximate surface area is 134 Å². The number of rotatable bonds is 2. The third kappa shape index (κ3) is 1.75. The number of hydrogen-bond donors (Lipinski definition) is 0. The Morgan fingerprint density at radius 3 is 2.13 bits per heavy atom. The molecular formula is C19H18N2O2. The number of amides is 2. The highest BCUT2D eigenvalue weighted by Gasteiger charge is 2.67. The van der Waals surface area contributed by atoms with Crippen LogP contribution in [0, 0.1) is 42.4 Å². The lowest BCUT2D eigenvalue weighted by Gasteiger charge is -2.37. The first-order valence-electron chi connectivity index (χ1n) is 8.32. The molecule has 2 saturated carbocycles. The van der Waals surface area contributed by atoms with Crippen molar-refractivity contribution in [2.24, 2.45) is 40.6 Å². The van der Waals surface area contributed by atoms with Gasteiger partial charge in [-0.25, -0.2) is 0 Å².